The molecule has 2 aromatic rings. The van der Waals surface area contributed by atoms with Crippen LogP contribution in [0.15, 0.2) is 18.3 Å². The predicted octanol–water partition coefficient (Wildman–Crippen LogP) is 2.03. The number of carbonyl (C=O) groups excluding carboxylic acids is 1. The van der Waals surface area contributed by atoms with Gasteiger partial charge in [0.05, 0.1) is 24.0 Å². The number of rotatable bonds is 4. The van der Waals surface area contributed by atoms with Crippen LogP contribution >= 0.6 is 0 Å². The zero-order chi connectivity index (χ0) is 16.3. The number of aliphatic hydroxyl groups is 1. The summed E-state index contributed by atoms with van der Waals surface area (Å²) in [4.78, 5) is 11.6. The Morgan fingerprint density at radius 2 is 2.18 bits per heavy atom. The smallest absolute Gasteiger partial charge is 0.407 e. The number of aromatic nitrogens is 2. The SMILES string of the molecule is CC(C)(C)OC(=O)NCCc1c(CO)nn2cc(F)ccc12. The predicted molar refractivity (Wildman–Crippen MR) is 79.0 cm³/mol. The quantitative estimate of drug-likeness (QED) is 0.906. The Labute approximate surface area is 127 Å². The summed E-state index contributed by atoms with van der Waals surface area (Å²) < 4.78 is 19.7. The van der Waals surface area contributed by atoms with E-state index in [4.69, 9.17) is 4.74 Å². The number of amides is 1. The number of aliphatic hydroxyl groups excluding tert-OH is 1. The molecule has 0 aromatic carbocycles. The molecule has 1 amide bonds. The zero-order valence-electron chi connectivity index (χ0n) is 12.9. The molecule has 0 aliphatic heterocycles. The Hall–Kier alpha value is -2.15. The number of fused-ring (bicyclic) bond motifs is 1. The molecule has 0 saturated heterocycles. The fraction of sp³-hybridized carbons (Fsp3) is 0.467. The van der Waals surface area contributed by atoms with Crippen molar-refractivity contribution in [2.45, 2.75) is 39.4 Å². The van der Waals surface area contributed by atoms with Crippen molar-refractivity contribution in [3.05, 3.63) is 35.4 Å². The molecule has 0 atom stereocenters. The molecule has 2 heterocycles. The van der Waals surface area contributed by atoms with E-state index >= 15 is 0 Å². The third-order valence-corrected chi connectivity index (χ3v) is 2.97. The first-order valence-corrected chi connectivity index (χ1v) is 7.03. The highest BCUT2D eigenvalue weighted by Gasteiger charge is 2.17. The van der Waals surface area contributed by atoms with Crippen LogP contribution in [0.3, 0.4) is 0 Å². The number of pyridine rings is 1. The fourth-order valence-electron chi connectivity index (χ4n) is 2.13. The molecule has 2 aromatic heterocycles. The molecule has 0 unspecified atom stereocenters. The van der Waals surface area contributed by atoms with Crippen molar-refractivity contribution < 1.29 is 19.0 Å². The minimum absolute atomic E-state index is 0.245. The summed E-state index contributed by atoms with van der Waals surface area (Å²) in [5.74, 6) is -0.405. The lowest BCUT2D eigenvalue weighted by Gasteiger charge is -2.19. The van der Waals surface area contributed by atoms with Gasteiger partial charge < -0.3 is 15.2 Å². The summed E-state index contributed by atoms with van der Waals surface area (Å²) in [6, 6.07) is 2.94. The van der Waals surface area contributed by atoms with Crippen LogP contribution in [-0.2, 0) is 17.8 Å². The zero-order valence-corrected chi connectivity index (χ0v) is 12.9. The molecule has 2 N–H and O–H groups in total. The van der Waals surface area contributed by atoms with Crippen LogP contribution in [-0.4, -0.2) is 33.0 Å². The van der Waals surface area contributed by atoms with E-state index in [0.717, 1.165) is 5.56 Å². The first-order chi connectivity index (χ1) is 10.3. The number of nitrogens with zero attached hydrogens (tertiary/aromatic N) is 2. The lowest BCUT2D eigenvalue weighted by atomic mass is 10.1. The molecule has 22 heavy (non-hydrogen) atoms. The van der Waals surface area contributed by atoms with E-state index in [-0.39, 0.29) is 6.61 Å². The number of hydrogen-bond donors (Lipinski definition) is 2. The Morgan fingerprint density at radius 1 is 1.45 bits per heavy atom. The first kappa shape index (κ1) is 16.2. The average molecular weight is 309 g/mol. The van der Waals surface area contributed by atoms with Gasteiger partial charge in [0.15, 0.2) is 0 Å². The van der Waals surface area contributed by atoms with Gasteiger partial charge in [-0.15, -0.1) is 0 Å². The topological polar surface area (TPSA) is 75.9 Å². The Morgan fingerprint density at radius 3 is 2.82 bits per heavy atom. The van der Waals surface area contributed by atoms with Gasteiger partial charge in [-0.2, -0.15) is 5.10 Å². The van der Waals surface area contributed by atoms with E-state index in [1.165, 1.54) is 16.8 Å². The maximum atomic E-state index is 13.2. The number of halogens is 1. The molecular weight excluding hydrogens is 289 g/mol. The summed E-state index contributed by atoms with van der Waals surface area (Å²) in [7, 11) is 0. The molecule has 0 radical (unpaired) electrons. The second-order valence-electron chi connectivity index (χ2n) is 5.94. The molecule has 6 nitrogen and oxygen atoms in total. The number of ether oxygens (including phenoxy) is 1. The second-order valence-corrected chi connectivity index (χ2v) is 5.94. The highest BCUT2D eigenvalue weighted by Crippen LogP contribution is 2.17. The van der Waals surface area contributed by atoms with Gasteiger partial charge in [0, 0.05) is 12.1 Å². The third kappa shape index (κ3) is 3.94. The molecule has 7 heteroatoms. The molecule has 2 rings (SSSR count). The summed E-state index contributed by atoms with van der Waals surface area (Å²) in [6.07, 6.45) is 1.21. The summed E-state index contributed by atoms with van der Waals surface area (Å²) >= 11 is 0. The van der Waals surface area contributed by atoms with Crippen molar-refractivity contribution in [3.63, 3.8) is 0 Å². The first-order valence-electron chi connectivity index (χ1n) is 7.03. The number of nitrogens with one attached hydrogen (secondary N) is 1. The van der Waals surface area contributed by atoms with Gasteiger partial charge in [-0.25, -0.2) is 13.7 Å². The van der Waals surface area contributed by atoms with Crippen LogP contribution in [0.4, 0.5) is 9.18 Å². The van der Waals surface area contributed by atoms with Gasteiger partial charge in [0.1, 0.15) is 11.4 Å². The van der Waals surface area contributed by atoms with Crippen LogP contribution in [0.25, 0.3) is 5.52 Å². The molecule has 0 saturated carbocycles. The molecule has 0 fully saturated rings. The van der Waals surface area contributed by atoms with Gasteiger partial charge in [-0.05, 0) is 39.3 Å². The Bertz CT molecular complexity index is 676. The Kier molecular flexibility index (Phi) is 4.65. The van der Waals surface area contributed by atoms with Crippen molar-refractivity contribution in [1.29, 1.82) is 0 Å². The molecule has 120 valence electrons. The fourth-order valence-corrected chi connectivity index (χ4v) is 2.13. The van der Waals surface area contributed by atoms with E-state index in [0.29, 0.717) is 24.2 Å². The number of alkyl carbamates (subject to hydrolysis) is 1. The van der Waals surface area contributed by atoms with Crippen LogP contribution < -0.4 is 5.32 Å². The number of carbonyl (C=O) groups is 1. The normalized spacial score (nSPS) is 11.7. The lowest BCUT2D eigenvalue weighted by Crippen LogP contribution is -2.33. The van der Waals surface area contributed by atoms with Crippen LogP contribution in [0.5, 0.6) is 0 Å². The maximum Gasteiger partial charge on any atom is 0.407 e. The van der Waals surface area contributed by atoms with Crippen molar-refractivity contribution in [1.82, 2.24) is 14.9 Å². The lowest BCUT2D eigenvalue weighted by molar-refractivity contribution is 0.0528. The third-order valence-electron chi connectivity index (χ3n) is 2.97. The van der Waals surface area contributed by atoms with Gasteiger partial charge in [-0.1, -0.05) is 0 Å². The summed E-state index contributed by atoms with van der Waals surface area (Å²) in [6.45, 7) is 5.45. The van der Waals surface area contributed by atoms with E-state index < -0.39 is 17.5 Å². The van der Waals surface area contributed by atoms with Crippen molar-refractivity contribution in [3.8, 4) is 0 Å². The van der Waals surface area contributed by atoms with Gasteiger partial charge in [0.2, 0.25) is 0 Å². The van der Waals surface area contributed by atoms with E-state index in [2.05, 4.69) is 10.4 Å². The highest BCUT2D eigenvalue weighted by molar-refractivity contribution is 5.67. The molecule has 0 bridgehead atoms. The standard InChI is InChI=1S/C15H20FN3O3/c1-15(2,3)22-14(21)17-7-6-11-12(9-20)18-19-8-10(16)4-5-13(11)19/h4-5,8,20H,6-7,9H2,1-3H3,(H,17,21). The molecule has 0 spiro atoms. The van der Waals surface area contributed by atoms with Crippen molar-refractivity contribution >= 4 is 11.6 Å². The minimum Gasteiger partial charge on any atom is -0.444 e. The molecule has 0 aliphatic carbocycles. The van der Waals surface area contributed by atoms with Crippen LogP contribution in [0.1, 0.15) is 32.0 Å². The number of hydrogen-bond acceptors (Lipinski definition) is 4. The summed E-state index contributed by atoms with van der Waals surface area (Å²) in [5.41, 5.74) is 1.40. The Balaban J connectivity index is 2.06. The average Bonchev–Trinajstić information content (AvgIpc) is 2.74. The van der Waals surface area contributed by atoms with Crippen molar-refractivity contribution in [2.24, 2.45) is 0 Å². The minimum atomic E-state index is -0.553. The van der Waals surface area contributed by atoms with Crippen molar-refractivity contribution in [2.75, 3.05) is 6.54 Å². The van der Waals surface area contributed by atoms with Gasteiger partial charge in [0.25, 0.3) is 0 Å². The van der Waals surface area contributed by atoms with Crippen LogP contribution in [0.2, 0.25) is 0 Å². The van der Waals surface area contributed by atoms with Gasteiger partial charge in [-0.3, -0.25) is 0 Å². The van der Waals surface area contributed by atoms with Gasteiger partial charge >= 0.3 is 6.09 Å². The van der Waals surface area contributed by atoms with E-state index in [1.807, 2.05) is 0 Å². The van der Waals surface area contributed by atoms with E-state index in [1.54, 1.807) is 26.8 Å². The molecule has 0 aliphatic rings. The largest absolute Gasteiger partial charge is 0.444 e. The summed E-state index contributed by atoms with van der Waals surface area (Å²) in [5, 5.41) is 16.2. The monoisotopic (exact) mass is 309 g/mol. The van der Waals surface area contributed by atoms with E-state index in [9.17, 15) is 14.3 Å². The molecular formula is C15H20FN3O3. The second kappa shape index (κ2) is 6.31. The highest BCUT2D eigenvalue weighted by atomic mass is 19.1. The van der Waals surface area contributed by atoms with Crippen LogP contribution in [0, 0.1) is 5.82 Å². The maximum absolute atomic E-state index is 13.2.